The van der Waals surface area contributed by atoms with Crippen LogP contribution in [-0.2, 0) is 22.6 Å². The first-order valence-electron chi connectivity index (χ1n) is 7.36. The van der Waals surface area contributed by atoms with Gasteiger partial charge in [0.2, 0.25) is 0 Å². The molecule has 2 aromatic carbocycles. The molecule has 0 bridgehead atoms. The van der Waals surface area contributed by atoms with E-state index in [2.05, 4.69) is 0 Å². The molecular weight excluding hydrogens is 305 g/mol. The van der Waals surface area contributed by atoms with E-state index in [4.69, 9.17) is 4.74 Å². The maximum atomic E-state index is 13.7. The molecule has 3 rings (SSSR count). The van der Waals surface area contributed by atoms with Gasteiger partial charge in [0.1, 0.15) is 11.9 Å². The number of carbonyl (C=O) groups excluding carboxylic acids is 1. The van der Waals surface area contributed by atoms with Crippen molar-refractivity contribution in [3.8, 4) is 0 Å². The third-order valence-electron chi connectivity index (χ3n) is 4.05. The number of hydrogen-bond acceptors (Lipinski definition) is 2. The van der Waals surface area contributed by atoms with Crippen LogP contribution in [0.1, 0.15) is 17.5 Å². The summed E-state index contributed by atoms with van der Waals surface area (Å²) in [6, 6.07) is 10.8. The molecule has 120 valence electrons. The van der Waals surface area contributed by atoms with Gasteiger partial charge in [-0.3, -0.25) is 4.79 Å². The summed E-state index contributed by atoms with van der Waals surface area (Å²) in [4.78, 5) is 11.7. The number of carbonyl (C=O) groups is 1. The Balaban J connectivity index is 1.64. The van der Waals surface area contributed by atoms with Gasteiger partial charge in [0, 0.05) is 18.4 Å². The van der Waals surface area contributed by atoms with Crippen LogP contribution in [0, 0.1) is 23.4 Å². The maximum absolute atomic E-state index is 13.7. The summed E-state index contributed by atoms with van der Waals surface area (Å²) in [5.74, 6) is -3.37. The van der Waals surface area contributed by atoms with Crippen LogP contribution in [-0.4, -0.2) is 11.9 Å². The summed E-state index contributed by atoms with van der Waals surface area (Å²) in [5, 5.41) is 0. The molecule has 0 aliphatic heterocycles. The van der Waals surface area contributed by atoms with E-state index >= 15 is 0 Å². The van der Waals surface area contributed by atoms with Crippen molar-refractivity contribution < 1.29 is 22.7 Å². The van der Waals surface area contributed by atoms with Crippen LogP contribution in [0.25, 0.3) is 0 Å². The number of hydrogen-bond donors (Lipinski definition) is 0. The fourth-order valence-corrected chi connectivity index (χ4v) is 2.76. The first-order chi connectivity index (χ1) is 11.0. The Morgan fingerprint density at radius 3 is 2.39 bits per heavy atom. The third-order valence-corrected chi connectivity index (χ3v) is 4.05. The molecule has 1 fully saturated rings. The van der Waals surface area contributed by atoms with Crippen LogP contribution in [0.2, 0.25) is 0 Å². The average molecular weight is 320 g/mol. The summed E-state index contributed by atoms with van der Waals surface area (Å²) in [6.07, 6.45) is -0.214. The minimum Gasteiger partial charge on any atom is -0.365 e. The highest BCUT2D eigenvalue weighted by Gasteiger charge is 2.40. The molecule has 0 saturated heterocycles. The highest BCUT2D eigenvalue weighted by atomic mass is 19.2. The first kappa shape index (κ1) is 15.7. The van der Waals surface area contributed by atoms with E-state index in [0.29, 0.717) is 6.07 Å². The van der Waals surface area contributed by atoms with E-state index in [0.717, 1.165) is 11.6 Å². The third kappa shape index (κ3) is 3.45. The number of ether oxygens (including phenoxy) is 1. The van der Waals surface area contributed by atoms with Crippen molar-refractivity contribution in [1.29, 1.82) is 0 Å². The van der Waals surface area contributed by atoms with E-state index < -0.39 is 23.6 Å². The zero-order valence-electron chi connectivity index (χ0n) is 12.3. The first-order valence-corrected chi connectivity index (χ1v) is 7.36. The van der Waals surface area contributed by atoms with Gasteiger partial charge in [-0.2, -0.15) is 0 Å². The highest BCUT2D eigenvalue weighted by molar-refractivity contribution is 5.89. The Morgan fingerprint density at radius 1 is 1.00 bits per heavy atom. The van der Waals surface area contributed by atoms with E-state index in [1.54, 1.807) is 0 Å². The molecular formula is C18H15F3O2. The van der Waals surface area contributed by atoms with Crippen LogP contribution >= 0.6 is 0 Å². The monoisotopic (exact) mass is 320 g/mol. The van der Waals surface area contributed by atoms with Crippen molar-refractivity contribution in [2.75, 3.05) is 0 Å². The van der Waals surface area contributed by atoms with E-state index in [1.807, 2.05) is 30.3 Å². The molecule has 23 heavy (non-hydrogen) atoms. The number of rotatable bonds is 5. The normalized spacial score (nSPS) is 20.4. The Hall–Kier alpha value is -2.14. The lowest BCUT2D eigenvalue weighted by Crippen LogP contribution is -2.45. The van der Waals surface area contributed by atoms with Gasteiger partial charge in [0.15, 0.2) is 17.4 Å². The van der Waals surface area contributed by atoms with Gasteiger partial charge in [-0.25, -0.2) is 13.2 Å². The molecule has 0 N–H and O–H groups in total. The van der Waals surface area contributed by atoms with Crippen molar-refractivity contribution in [3.63, 3.8) is 0 Å². The Kier molecular flexibility index (Phi) is 4.48. The predicted octanol–water partition coefficient (Wildman–Crippen LogP) is 3.82. The molecule has 2 unspecified atom stereocenters. The fraction of sp³-hybridized carbons (Fsp3) is 0.278. The van der Waals surface area contributed by atoms with Gasteiger partial charge < -0.3 is 4.74 Å². The molecule has 0 radical (unpaired) electrons. The second kappa shape index (κ2) is 6.54. The average Bonchev–Trinajstić information content (AvgIpc) is 2.53. The summed E-state index contributed by atoms with van der Waals surface area (Å²) in [5.41, 5.74) is 1.000. The van der Waals surface area contributed by atoms with Crippen LogP contribution in [0.5, 0.6) is 0 Å². The fourth-order valence-electron chi connectivity index (χ4n) is 2.76. The van der Waals surface area contributed by atoms with Gasteiger partial charge in [-0.15, -0.1) is 0 Å². The van der Waals surface area contributed by atoms with Crippen LogP contribution in [0.15, 0.2) is 42.5 Å². The SMILES string of the molecule is O=C1CC(Cc2cc(F)c(F)cc2F)C1OCc1ccccc1. The van der Waals surface area contributed by atoms with Crippen LogP contribution in [0.3, 0.4) is 0 Å². The van der Waals surface area contributed by atoms with Crippen LogP contribution in [0.4, 0.5) is 13.2 Å². The highest BCUT2D eigenvalue weighted by Crippen LogP contribution is 2.32. The maximum Gasteiger partial charge on any atom is 0.162 e. The van der Waals surface area contributed by atoms with Gasteiger partial charge in [0.05, 0.1) is 6.61 Å². The molecule has 2 nitrogen and oxygen atoms in total. The summed E-state index contributed by atoms with van der Waals surface area (Å²) < 4.78 is 45.5. The largest absolute Gasteiger partial charge is 0.365 e. The van der Waals surface area contributed by atoms with Gasteiger partial charge in [-0.1, -0.05) is 30.3 Å². The summed E-state index contributed by atoms with van der Waals surface area (Å²) >= 11 is 0. The molecule has 2 aromatic rings. The quantitative estimate of drug-likeness (QED) is 0.783. The Morgan fingerprint density at radius 2 is 1.70 bits per heavy atom. The second-order valence-electron chi connectivity index (χ2n) is 5.71. The molecule has 0 aromatic heterocycles. The van der Waals surface area contributed by atoms with Gasteiger partial charge >= 0.3 is 0 Å². The smallest absolute Gasteiger partial charge is 0.162 e. The number of ketones is 1. The minimum atomic E-state index is -1.21. The van der Waals surface area contributed by atoms with Gasteiger partial charge in [-0.05, 0) is 23.6 Å². The zero-order valence-corrected chi connectivity index (χ0v) is 12.3. The van der Waals surface area contributed by atoms with Crippen molar-refractivity contribution >= 4 is 5.78 Å². The number of Topliss-reactive ketones (excluding diaryl/α,β-unsaturated/α-hetero) is 1. The standard InChI is InChI=1S/C18H15F3O2/c19-14-9-16(21)15(20)7-12(14)6-13-8-17(22)18(13)23-10-11-4-2-1-3-5-11/h1-5,7,9,13,18H,6,8,10H2. The molecule has 0 heterocycles. The minimum absolute atomic E-state index is 0.0473. The topological polar surface area (TPSA) is 26.3 Å². The molecule has 2 atom stereocenters. The molecule has 5 heteroatoms. The molecule has 1 aliphatic carbocycles. The molecule has 0 amide bonds. The lowest BCUT2D eigenvalue weighted by molar-refractivity contribution is -0.150. The van der Waals surface area contributed by atoms with E-state index in [1.165, 1.54) is 0 Å². The number of benzene rings is 2. The van der Waals surface area contributed by atoms with Crippen molar-refractivity contribution in [2.45, 2.75) is 25.6 Å². The van der Waals surface area contributed by atoms with E-state index in [-0.39, 0.29) is 36.7 Å². The molecule has 0 spiro atoms. The van der Waals surface area contributed by atoms with E-state index in [9.17, 15) is 18.0 Å². The Bertz CT molecular complexity index is 716. The molecule has 1 saturated carbocycles. The summed E-state index contributed by atoms with van der Waals surface area (Å²) in [7, 11) is 0. The predicted molar refractivity (Wildman–Crippen MR) is 78.2 cm³/mol. The zero-order chi connectivity index (χ0) is 16.4. The lowest BCUT2D eigenvalue weighted by Gasteiger charge is -2.35. The lowest BCUT2D eigenvalue weighted by atomic mass is 9.76. The second-order valence-corrected chi connectivity index (χ2v) is 5.71. The number of halogens is 3. The van der Waals surface area contributed by atoms with Crippen LogP contribution < -0.4 is 0 Å². The van der Waals surface area contributed by atoms with Crippen molar-refractivity contribution in [1.82, 2.24) is 0 Å². The van der Waals surface area contributed by atoms with Crippen molar-refractivity contribution in [2.24, 2.45) is 5.92 Å². The molecule has 1 aliphatic rings. The van der Waals surface area contributed by atoms with Gasteiger partial charge in [0.25, 0.3) is 0 Å². The van der Waals surface area contributed by atoms with Crippen molar-refractivity contribution in [3.05, 3.63) is 71.0 Å². The Labute approximate surface area is 131 Å². The summed E-state index contributed by atoms with van der Waals surface area (Å²) in [6.45, 7) is 0.286.